The monoisotopic (exact) mass is 1140 g/mol. The van der Waals surface area contributed by atoms with Crippen LogP contribution >= 0.6 is 0 Å². The van der Waals surface area contributed by atoms with Crippen LogP contribution in [0.2, 0.25) is 0 Å². The Kier molecular flexibility index (Phi) is 17.7. The number of hydrogen-bond donors (Lipinski definition) is 8. The number of rotatable bonds is 12. The number of nitrogens with two attached hydrogens (primary N) is 2. The maximum Gasteiger partial charge on any atom is 0.337 e. The number of piperazine rings is 2. The number of aromatic carboxylic acids is 1. The summed E-state index contributed by atoms with van der Waals surface area (Å²) >= 11 is 0. The highest BCUT2D eigenvalue weighted by atomic mass is 16.4. The normalized spacial score (nSPS) is 13.4. The molecule has 0 radical (unpaired) electrons. The van der Waals surface area contributed by atoms with Gasteiger partial charge in [0.25, 0.3) is 17.7 Å². The number of likely N-dealkylation sites (N-methyl/N-ethyl adjacent to an activating group) is 2. The van der Waals surface area contributed by atoms with E-state index >= 15 is 0 Å². The van der Waals surface area contributed by atoms with Gasteiger partial charge in [-0.1, -0.05) is 24.3 Å². The molecule has 4 aromatic carbocycles. The number of nitrogen functional groups attached to an aromatic ring is 2. The predicted octanol–water partition coefficient (Wildman–Crippen LogP) is 7.96. The van der Waals surface area contributed by atoms with E-state index in [2.05, 4.69) is 70.4 Å². The van der Waals surface area contributed by atoms with Crippen molar-refractivity contribution in [3.05, 3.63) is 192 Å². The summed E-state index contributed by atoms with van der Waals surface area (Å²) in [4.78, 5) is 83.5. The molecule has 0 bridgehead atoms. The molecule has 2 aliphatic rings. The van der Waals surface area contributed by atoms with Crippen LogP contribution < -0.4 is 38.1 Å². The van der Waals surface area contributed by atoms with E-state index in [0.29, 0.717) is 98.5 Å². The molecule has 23 heteroatoms. The number of fused-ring (bicyclic) bond motifs is 2. The maximum absolute atomic E-state index is 13.2. The minimum Gasteiger partial charge on any atom is -0.478 e. The number of aryl methyl sites for hydroxylation is 2. The highest BCUT2D eigenvalue weighted by Crippen LogP contribution is 2.28. The van der Waals surface area contributed by atoms with E-state index in [1.807, 2.05) is 59.7 Å². The molecule has 6 aromatic heterocycles. The first kappa shape index (κ1) is 57.6. The van der Waals surface area contributed by atoms with Gasteiger partial charge in [-0.05, 0) is 137 Å². The van der Waals surface area contributed by atoms with Crippen molar-refractivity contribution in [1.82, 2.24) is 58.7 Å². The number of benzene rings is 4. The lowest BCUT2D eigenvalue weighted by molar-refractivity contribution is 0.0661. The minimum atomic E-state index is -1.02. The number of carbonyl (C=O) groups excluding carboxylic acids is 3. The third kappa shape index (κ3) is 14.0. The van der Waals surface area contributed by atoms with Crippen LogP contribution in [0.1, 0.15) is 52.8 Å². The molecule has 0 spiro atoms. The Hall–Kier alpha value is -10.6. The number of para-hydroxylation sites is 4. The number of nitrogens with one attached hydrogen (secondary N) is 5. The Labute approximate surface area is 489 Å². The van der Waals surface area contributed by atoms with Crippen molar-refractivity contribution in [1.29, 1.82) is 0 Å². The molecule has 3 amide bonds. The van der Waals surface area contributed by atoms with Crippen molar-refractivity contribution < 1.29 is 24.3 Å². The summed E-state index contributed by atoms with van der Waals surface area (Å²) in [6.07, 6.45) is 6.65. The number of aromatic nitrogens is 8. The smallest absolute Gasteiger partial charge is 0.337 e. The molecule has 2 aliphatic heterocycles. The standard InChI is InChI=1S/C31H31N9O2.C26H21N7O3.C5H12N2/c1-20-28(40-19-22(9-12-27(40)34-20)30(42)39-17-15-38(2)16-18-39)26-13-14-33-31(37-26)35-23-10-7-21(8-11-23)29(41)36-25-6-4-3-5-24(25)32;1-15-23(33-14-17(25(35)36)8-11-22(33)29-15)21-12-13-28-26(32-21)30-18-9-6-16(7-10-18)24(34)31-20-5-3-2-4-19(20)27;1-7-4-2-6-3-5-7/h3-14,19H,15-18,32H2,1-2H3,(H,36,41)(H,33,35,37);2-14H,27H2,1H3,(H,31,34)(H,35,36)(H,28,30,32);6H,2-5H2,1H3. The van der Waals surface area contributed by atoms with Crippen LogP contribution in [0.5, 0.6) is 0 Å². The van der Waals surface area contributed by atoms with E-state index in [1.165, 1.54) is 25.4 Å². The molecule has 10 N–H and O–H groups in total. The molecule has 2 saturated heterocycles. The molecule has 0 atom stereocenters. The van der Waals surface area contributed by atoms with Crippen LogP contribution in [0.4, 0.5) is 46.0 Å². The summed E-state index contributed by atoms with van der Waals surface area (Å²) in [6, 6.07) is 38.5. The maximum atomic E-state index is 13.2. The Morgan fingerprint density at radius 3 is 1.36 bits per heavy atom. The number of anilines is 8. The number of carboxylic acid groups (broad SMARTS) is 1. The summed E-state index contributed by atoms with van der Waals surface area (Å²) < 4.78 is 3.62. The molecule has 0 aliphatic carbocycles. The van der Waals surface area contributed by atoms with E-state index in [1.54, 1.807) is 114 Å². The largest absolute Gasteiger partial charge is 0.478 e. The molecule has 8 heterocycles. The first-order chi connectivity index (χ1) is 41.1. The van der Waals surface area contributed by atoms with Gasteiger partial charge in [0.1, 0.15) is 11.3 Å². The minimum absolute atomic E-state index is 0.0108. The summed E-state index contributed by atoms with van der Waals surface area (Å²) in [5.41, 5.74) is 22.6. The molecule has 85 heavy (non-hydrogen) atoms. The SMILES string of the molecule is CN1CCNCC1.Cc1nc2ccc(C(=O)N3CCN(C)CC3)cn2c1-c1ccnc(Nc2ccc(C(=O)Nc3ccccc3N)cc2)n1.Cc1nc2ccc(C(=O)O)cn2c1-c1ccnc(Nc2ccc(C(=O)Nc3ccccc3N)cc2)n1. The number of pyridine rings is 2. The highest BCUT2D eigenvalue weighted by molar-refractivity contribution is 6.06. The van der Waals surface area contributed by atoms with Crippen LogP contribution in [0.25, 0.3) is 34.1 Å². The lowest BCUT2D eigenvalue weighted by Crippen LogP contribution is -2.47. The van der Waals surface area contributed by atoms with Crippen LogP contribution in [-0.4, -0.2) is 149 Å². The van der Waals surface area contributed by atoms with E-state index in [0.717, 1.165) is 48.9 Å². The zero-order valence-electron chi connectivity index (χ0n) is 47.3. The van der Waals surface area contributed by atoms with E-state index in [4.69, 9.17) is 21.4 Å². The third-order valence-electron chi connectivity index (χ3n) is 14.2. The Morgan fingerprint density at radius 1 is 0.506 bits per heavy atom. The number of imidazole rings is 2. The van der Waals surface area contributed by atoms with Crippen LogP contribution in [-0.2, 0) is 0 Å². The van der Waals surface area contributed by atoms with Gasteiger partial charge in [0.15, 0.2) is 0 Å². The summed E-state index contributed by atoms with van der Waals surface area (Å²) in [5, 5.41) is 24.6. The third-order valence-corrected chi connectivity index (χ3v) is 14.2. The van der Waals surface area contributed by atoms with Gasteiger partial charge in [0, 0.05) is 99.6 Å². The van der Waals surface area contributed by atoms with Crippen molar-refractivity contribution in [2.45, 2.75) is 13.8 Å². The molecule has 2 fully saturated rings. The molecular formula is C62H64N18O5. The second-order valence-corrected chi connectivity index (χ2v) is 20.4. The van der Waals surface area contributed by atoms with Crippen LogP contribution in [0.15, 0.2) is 158 Å². The summed E-state index contributed by atoms with van der Waals surface area (Å²) in [6.45, 7) is 11.6. The Bertz CT molecular complexity index is 4040. The van der Waals surface area contributed by atoms with Crippen molar-refractivity contribution in [3.63, 3.8) is 0 Å². The van der Waals surface area contributed by atoms with Gasteiger partial charge in [0.05, 0.1) is 68.0 Å². The zero-order chi connectivity index (χ0) is 59.6. The van der Waals surface area contributed by atoms with E-state index in [9.17, 15) is 24.3 Å². The fraction of sp³-hybridized carbons (Fsp3) is 0.194. The lowest BCUT2D eigenvalue weighted by atomic mass is 10.2. The van der Waals surface area contributed by atoms with Crippen molar-refractivity contribution in [3.8, 4) is 22.8 Å². The number of amides is 3. The fourth-order valence-electron chi connectivity index (χ4n) is 9.54. The number of nitrogens with zero attached hydrogens (tertiary/aromatic N) is 11. The number of carboxylic acids is 1. The lowest BCUT2D eigenvalue weighted by Gasteiger charge is -2.32. The highest BCUT2D eigenvalue weighted by Gasteiger charge is 2.23. The van der Waals surface area contributed by atoms with Crippen molar-refractivity contribution >= 4 is 81.0 Å². The van der Waals surface area contributed by atoms with Gasteiger partial charge in [-0.15, -0.1) is 0 Å². The van der Waals surface area contributed by atoms with Gasteiger partial charge in [0.2, 0.25) is 11.9 Å². The van der Waals surface area contributed by atoms with Gasteiger partial charge in [-0.2, -0.15) is 0 Å². The molecule has 432 valence electrons. The van der Waals surface area contributed by atoms with Crippen molar-refractivity contribution in [2.75, 3.05) is 99.2 Å². The molecule has 23 nitrogen and oxygen atoms in total. The van der Waals surface area contributed by atoms with Gasteiger partial charge >= 0.3 is 5.97 Å². The second-order valence-electron chi connectivity index (χ2n) is 20.4. The van der Waals surface area contributed by atoms with Crippen molar-refractivity contribution in [2.24, 2.45) is 0 Å². The zero-order valence-corrected chi connectivity index (χ0v) is 47.3. The topological polar surface area (TPSA) is 297 Å². The van der Waals surface area contributed by atoms with Gasteiger partial charge in [-0.3, -0.25) is 23.2 Å². The number of carbonyl (C=O) groups is 4. The molecular weight excluding hydrogens is 1080 g/mol. The van der Waals surface area contributed by atoms with Gasteiger partial charge in [-0.25, -0.2) is 34.7 Å². The quantitative estimate of drug-likeness (QED) is 0.0538. The van der Waals surface area contributed by atoms with Crippen LogP contribution in [0, 0.1) is 13.8 Å². The Balaban J connectivity index is 0.000000171. The summed E-state index contributed by atoms with van der Waals surface area (Å²) in [5.74, 6) is -0.820. The second kappa shape index (κ2) is 26.1. The van der Waals surface area contributed by atoms with Gasteiger partial charge < -0.3 is 57.9 Å². The first-order valence-corrected chi connectivity index (χ1v) is 27.4. The molecule has 12 rings (SSSR count). The molecule has 0 saturated carbocycles. The van der Waals surface area contributed by atoms with E-state index in [-0.39, 0.29) is 23.3 Å². The average Bonchev–Trinajstić information content (AvgIpc) is 4.28. The Morgan fingerprint density at radius 2 is 0.929 bits per heavy atom. The first-order valence-electron chi connectivity index (χ1n) is 27.4. The average molecular weight is 1140 g/mol. The predicted molar refractivity (Wildman–Crippen MR) is 330 cm³/mol. The van der Waals surface area contributed by atoms with E-state index < -0.39 is 5.97 Å². The summed E-state index contributed by atoms with van der Waals surface area (Å²) in [7, 11) is 4.22. The van der Waals surface area contributed by atoms with Crippen LogP contribution in [0.3, 0.4) is 0 Å². The fourth-order valence-corrected chi connectivity index (χ4v) is 9.54. The molecule has 0 unspecified atom stereocenters. The number of hydrogen-bond acceptors (Lipinski definition) is 17. The molecule has 10 aromatic rings.